The number of rotatable bonds is 8. The van der Waals surface area contributed by atoms with Gasteiger partial charge in [-0.15, -0.1) is 16.4 Å². The van der Waals surface area contributed by atoms with Gasteiger partial charge in [-0.05, 0) is 48.9 Å². The second kappa shape index (κ2) is 10.3. The Kier molecular flexibility index (Phi) is 7.31. The SMILES string of the molecule is COC(=O)c1c(NC(=O)CS(=O)(=O)c2nnc(-c3ccc(OC)c(OC)c3)o2)sc2c1CCC(C)C2. The Bertz CT molecular complexity index is 1410. The zero-order valence-electron chi connectivity index (χ0n) is 20.1. The number of thiophene rings is 1. The molecular formula is C23H25N3O8S2. The van der Waals surface area contributed by atoms with Crippen LogP contribution >= 0.6 is 11.3 Å². The lowest BCUT2D eigenvalue weighted by molar-refractivity contribution is -0.113. The Hall–Kier alpha value is -3.45. The normalized spacial score (nSPS) is 15.2. The van der Waals surface area contributed by atoms with Crippen LogP contribution in [-0.2, 0) is 32.2 Å². The number of aromatic nitrogens is 2. The van der Waals surface area contributed by atoms with Crippen LogP contribution in [-0.4, -0.2) is 57.6 Å². The number of carbonyl (C=O) groups is 2. The summed E-state index contributed by atoms with van der Waals surface area (Å²) in [6.45, 7) is 2.12. The average Bonchev–Trinajstić information content (AvgIpc) is 3.48. The topological polar surface area (TPSA) is 147 Å². The molecular weight excluding hydrogens is 510 g/mol. The second-order valence-electron chi connectivity index (χ2n) is 8.30. The molecule has 3 aromatic rings. The predicted molar refractivity (Wildman–Crippen MR) is 130 cm³/mol. The van der Waals surface area contributed by atoms with Crippen molar-refractivity contribution in [1.29, 1.82) is 0 Å². The quantitative estimate of drug-likeness (QED) is 0.427. The van der Waals surface area contributed by atoms with E-state index >= 15 is 0 Å². The van der Waals surface area contributed by atoms with Crippen LogP contribution in [0.2, 0.25) is 0 Å². The number of sulfone groups is 1. The third-order valence-electron chi connectivity index (χ3n) is 5.78. The lowest BCUT2D eigenvalue weighted by Gasteiger charge is -2.18. The highest BCUT2D eigenvalue weighted by molar-refractivity contribution is 7.91. The third kappa shape index (κ3) is 5.07. The van der Waals surface area contributed by atoms with E-state index in [0.717, 1.165) is 23.3 Å². The predicted octanol–water partition coefficient (Wildman–Crippen LogP) is 3.14. The van der Waals surface area contributed by atoms with Gasteiger partial charge in [0, 0.05) is 10.4 Å². The minimum Gasteiger partial charge on any atom is -0.493 e. The molecule has 4 rings (SSSR count). The summed E-state index contributed by atoms with van der Waals surface area (Å²) in [6.07, 6.45) is 2.38. The van der Waals surface area contributed by atoms with Crippen molar-refractivity contribution in [2.24, 2.45) is 5.92 Å². The van der Waals surface area contributed by atoms with Crippen molar-refractivity contribution >= 4 is 38.1 Å². The molecule has 1 aliphatic rings. The molecule has 13 heteroatoms. The number of carbonyl (C=O) groups excluding carboxylic acids is 2. The molecule has 1 aliphatic carbocycles. The summed E-state index contributed by atoms with van der Waals surface area (Å²) in [5, 5.41) is 9.55. The molecule has 1 atom stereocenters. The van der Waals surface area contributed by atoms with Crippen molar-refractivity contribution in [3.63, 3.8) is 0 Å². The van der Waals surface area contributed by atoms with Gasteiger partial charge in [-0.25, -0.2) is 13.2 Å². The lowest BCUT2D eigenvalue weighted by Crippen LogP contribution is -2.24. The number of nitrogens with zero attached hydrogens (tertiary/aromatic N) is 2. The highest BCUT2D eigenvalue weighted by atomic mass is 32.2. The van der Waals surface area contributed by atoms with Crippen molar-refractivity contribution < 1.29 is 36.6 Å². The van der Waals surface area contributed by atoms with Crippen LogP contribution in [0.15, 0.2) is 27.8 Å². The van der Waals surface area contributed by atoms with Crippen molar-refractivity contribution in [3.8, 4) is 23.0 Å². The lowest BCUT2D eigenvalue weighted by atomic mass is 9.88. The van der Waals surface area contributed by atoms with E-state index in [4.69, 9.17) is 18.6 Å². The zero-order valence-corrected chi connectivity index (χ0v) is 21.7. The van der Waals surface area contributed by atoms with E-state index < -0.39 is 32.7 Å². The Morgan fingerprint density at radius 1 is 1.17 bits per heavy atom. The van der Waals surface area contributed by atoms with Gasteiger partial charge in [-0.2, -0.15) is 0 Å². The molecule has 1 aromatic carbocycles. The van der Waals surface area contributed by atoms with Crippen molar-refractivity contribution in [2.75, 3.05) is 32.4 Å². The number of hydrogen-bond donors (Lipinski definition) is 1. The van der Waals surface area contributed by atoms with E-state index in [2.05, 4.69) is 22.4 Å². The standard InChI is InChI=1S/C23H25N3O8S2/c1-12-5-7-14-17(9-12)35-21(19(14)22(28)33-4)24-18(27)11-36(29,30)23-26-25-20(34-23)13-6-8-15(31-2)16(10-13)32-3/h6,8,10,12H,5,7,9,11H2,1-4H3,(H,24,27). The number of anilines is 1. The number of amides is 1. The molecule has 192 valence electrons. The number of nitrogens with one attached hydrogen (secondary N) is 1. The van der Waals surface area contributed by atoms with Crippen LogP contribution in [0, 0.1) is 5.92 Å². The fraction of sp³-hybridized carbons (Fsp3) is 0.391. The van der Waals surface area contributed by atoms with Gasteiger partial charge in [-0.3, -0.25) is 4.79 Å². The summed E-state index contributed by atoms with van der Waals surface area (Å²) >= 11 is 1.27. The maximum Gasteiger partial charge on any atom is 0.341 e. The Morgan fingerprint density at radius 3 is 2.61 bits per heavy atom. The number of fused-ring (bicyclic) bond motifs is 1. The molecule has 1 amide bonds. The minimum absolute atomic E-state index is 0.0667. The van der Waals surface area contributed by atoms with E-state index in [1.165, 1.54) is 32.7 Å². The summed E-state index contributed by atoms with van der Waals surface area (Å²) in [6, 6.07) is 4.77. The minimum atomic E-state index is -4.26. The van der Waals surface area contributed by atoms with E-state index in [-0.39, 0.29) is 16.5 Å². The molecule has 0 saturated heterocycles. The van der Waals surface area contributed by atoms with Gasteiger partial charge in [0.1, 0.15) is 10.8 Å². The molecule has 0 spiro atoms. The van der Waals surface area contributed by atoms with E-state index in [1.54, 1.807) is 18.2 Å². The first-order valence-corrected chi connectivity index (χ1v) is 13.4. The van der Waals surface area contributed by atoms with Gasteiger partial charge in [0.15, 0.2) is 11.5 Å². The fourth-order valence-electron chi connectivity index (χ4n) is 3.98. The molecule has 0 bridgehead atoms. The highest BCUT2D eigenvalue weighted by Crippen LogP contribution is 2.40. The summed E-state index contributed by atoms with van der Waals surface area (Å²) in [4.78, 5) is 26.1. The Morgan fingerprint density at radius 2 is 1.92 bits per heavy atom. The Balaban J connectivity index is 1.53. The van der Waals surface area contributed by atoms with Gasteiger partial charge in [-0.1, -0.05) is 12.0 Å². The van der Waals surface area contributed by atoms with E-state index in [0.29, 0.717) is 29.4 Å². The van der Waals surface area contributed by atoms with Crippen molar-refractivity contribution in [3.05, 3.63) is 34.2 Å². The number of methoxy groups -OCH3 is 3. The van der Waals surface area contributed by atoms with Gasteiger partial charge < -0.3 is 23.9 Å². The summed E-state index contributed by atoms with van der Waals surface area (Å²) < 4.78 is 46.3. The van der Waals surface area contributed by atoms with E-state index in [1.807, 2.05) is 0 Å². The zero-order chi connectivity index (χ0) is 26.0. The molecule has 2 heterocycles. The van der Waals surface area contributed by atoms with Crippen molar-refractivity contribution in [2.45, 2.75) is 31.4 Å². The van der Waals surface area contributed by atoms with E-state index in [9.17, 15) is 18.0 Å². The first kappa shape index (κ1) is 25.6. The van der Waals surface area contributed by atoms with Crippen LogP contribution in [0.4, 0.5) is 5.00 Å². The van der Waals surface area contributed by atoms with Gasteiger partial charge in [0.2, 0.25) is 21.6 Å². The van der Waals surface area contributed by atoms with Crippen LogP contribution in [0.5, 0.6) is 11.5 Å². The smallest absolute Gasteiger partial charge is 0.341 e. The number of benzene rings is 1. The molecule has 36 heavy (non-hydrogen) atoms. The Labute approximate surface area is 211 Å². The molecule has 0 aliphatic heterocycles. The largest absolute Gasteiger partial charge is 0.493 e. The van der Waals surface area contributed by atoms with Gasteiger partial charge in [0.25, 0.3) is 0 Å². The number of hydrogen-bond acceptors (Lipinski definition) is 11. The first-order chi connectivity index (χ1) is 17.2. The maximum absolute atomic E-state index is 12.8. The number of ether oxygens (including phenoxy) is 3. The van der Waals surface area contributed by atoms with Crippen LogP contribution < -0.4 is 14.8 Å². The molecule has 0 saturated carbocycles. The maximum atomic E-state index is 12.8. The third-order valence-corrected chi connectivity index (χ3v) is 8.29. The van der Waals surface area contributed by atoms with Crippen LogP contribution in [0.25, 0.3) is 11.5 Å². The highest BCUT2D eigenvalue weighted by Gasteiger charge is 2.31. The summed E-state index contributed by atoms with van der Waals surface area (Å²) in [7, 11) is -0.0567. The number of esters is 1. The molecule has 0 radical (unpaired) electrons. The van der Waals surface area contributed by atoms with Gasteiger partial charge in [0.05, 0.1) is 26.9 Å². The molecule has 1 N–H and O–H groups in total. The molecule has 2 aromatic heterocycles. The summed E-state index contributed by atoms with van der Waals surface area (Å²) in [5.41, 5.74) is 1.54. The fourth-order valence-corrected chi connectivity index (χ4v) is 6.30. The average molecular weight is 536 g/mol. The second-order valence-corrected chi connectivity index (χ2v) is 11.3. The molecule has 0 fully saturated rings. The van der Waals surface area contributed by atoms with Crippen LogP contribution in [0.3, 0.4) is 0 Å². The monoisotopic (exact) mass is 535 g/mol. The first-order valence-electron chi connectivity index (χ1n) is 11.0. The molecule has 11 nitrogen and oxygen atoms in total. The van der Waals surface area contributed by atoms with Gasteiger partial charge >= 0.3 is 11.2 Å². The van der Waals surface area contributed by atoms with Crippen LogP contribution in [0.1, 0.15) is 34.1 Å². The molecule has 1 unspecified atom stereocenters. The van der Waals surface area contributed by atoms with Crippen molar-refractivity contribution in [1.82, 2.24) is 10.2 Å². The summed E-state index contributed by atoms with van der Waals surface area (Å²) in [5.74, 6) is -1.10.